The molecule has 0 bridgehead atoms. The molecule has 1 aromatic rings. The van der Waals surface area contributed by atoms with E-state index >= 15 is 0 Å². The third-order valence-corrected chi connectivity index (χ3v) is 5.03. The van der Waals surface area contributed by atoms with Gasteiger partial charge in [-0.05, 0) is 37.9 Å². The van der Waals surface area contributed by atoms with E-state index in [-0.39, 0.29) is 18.4 Å². The monoisotopic (exact) mass is 341 g/mol. The van der Waals surface area contributed by atoms with Crippen LogP contribution in [0.2, 0.25) is 0 Å². The van der Waals surface area contributed by atoms with Gasteiger partial charge in [0.05, 0.1) is 17.3 Å². The van der Waals surface area contributed by atoms with Crippen molar-refractivity contribution in [1.29, 1.82) is 0 Å². The van der Waals surface area contributed by atoms with Gasteiger partial charge < -0.3 is 10.5 Å². The molecule has 0 aliphatic carbocycles. The quantitative estimate of drug-likeness (QED) is 0.859. The molecule has 0 unspecified atom stereocenters. The fraction of sp³-hybridized carbons (Fsp3) is 0.375. The molecule has 0 spiro atoms. The van der Waals surface area contributed by atoms with Gasteiger partial charge in [-0.2, -0.15) is 0 Å². The zero-order valence-corrected chi connectivity index (χ0v) is 11.4. The minimum absolute atomic E-state index is 0.204. The number of carbonyl (C=O) groups is 1. The number of rotatable bonds is 3. The minimum atomic E-state index is -0.296. The van der Waals surface area contributed by atoms with Crippen molar-refractivity contribution in [2.24, 2.45) is 5.73 Å². The van der Waals surface area contributed by atoms with Crippen LogP contribution in [-0.2, 0) is 9.53 Å². The molecule has 1 heterocycles. The molecule has 1 rings (SSSR count). The van der Waals surface area contributed by atoms with E-state index in [1.807, 2.05) is 6.07 Å². The second-order valence-corrected chi connectivity index (χ2v) is 5.91. The Hall–Kier alpha value is 0.0900. The molecular formula is C8H9Br2NO2S. The molecule has 78 valence electrons. The SMILES string of the molecule is COC(=O)C[C@H](N)c1cc(Br)c(Br)s1. The predicted molar refractivity (Wildman–Crippen MR) is 63.3 cm³/mol. The Bertz CT molecular complexity index is 321. The zero-order valence-electron chi connectivity index (χ0n) is 7.42. The third kappa shape index (κ3) is 3.05. The second-order valence-electron chi connectivity index (χ2n) is 2.66. The predicted octanol–water partition coefficient (Wildman–Crippen LogP) is 2.84. The van der Waals surface area contributed by atoms with Crippen molar-refractivity contribution >= 4 is 49.2 Å². The van der Waals surface area contributed by atoms with E-state index in [0.717, 1.165) is 13.1 Å². The molecule has 3 nitrogen and oxygen atoms in total. The van der Waals surface area contributed by atoms with Crippen LogP contribution in [0.5, 0.6) is 0 Å². The maximum absolute atomic E-state index is 11.0. The van der Waals surface area contributed by atoms with Crippen LogP contribution in [0.1, 0.15) is 17.3 Å². The van der Waals surface area contributed by atoms with E-state index in [1.165, 1.54) is 18.4 Å². The number of carbonyl (C=O) groups excluding carboxylic acids is 1. The lowest BCUT2D eigenvalue weighted by Gasteiger charge is -2.06. The number of ether oxygens (including phenoxy) is 1. The van der Waals surface area contributed by atoms with Crippen LogP contribution in [0, 0.1) is 0 Å². The first-order valence-corrected chi connectivity index (χ1v) is 6.22. The molecule has 1 atom stereocenters. The van der Waals surface area contributed by atoms with E-state index in [0.29, 0.717) is 0 Å². The van der Waals surface area contributed by atoms with Gasteiger partial charge in [0.25, 0.3) is 0 Å². The number of hydrogen-bond donors (Lipinski definition) is 1. The van der Waals surface area contributed by atoms with Crippen LogP contribution in [0.25, 0.3) is 0 Å². The number of esters is 1. The molecular weight excluding hydrogens is 334 g/mol. The van der Waals surface area contributed by atoms with Crippen LogP contribution in [0.3, 0.4) is 0 Å². The lowest BCUT2D eigenvalue weighted by atomic mass is 10.2. The van der Waals surface area contributed by atoms with Gasteiger partial charge >= 0.3 is 5.97 Å². The maximum Gasteiger partial charge on any atom is 0.307 e. The number of nitrogens with two attached hydrogens (primary N) is 1. The van der Waals surface area contributed by atoms with Gasteiger partial charge in [-0.1, -0.05) is 0 Å². The summed E-state index contributed by atoms with van der Waals surface area (Å²) in [5.41, 5.74) is 5.82. The second kappa shape index (κ2) is 5.25. The summed E-state index contributed by atoms with van der Waals surface area (Å²) in [5, 5.41) is 0. The summed E-state index contributed by atoms with van der Waals surface area (Å²) < 4.78 is 6.48. The van der Waals surface area contributed by atoms with Gasteiger partial charge in [-0.3, -0.25) is 4.79 Å². The van der Waals surface area contributed by atoms with E-state index in [1.54, 1.807) is 0 Å². The van der Waals surface area contributed by atoms with Crippen LogP contribution in [-0.4, -0.2) is 13.1 Å². The average molecular weight is 343 g/mol. The van der Waals surface area contributed by atoms with Crippen LogP contribution >= 0.6 is 43.2 Å². The Balaban J connectivity index is 2.69. The fourth-order valence-corrected chi connectivity index (χ4v) is 3.00. The third-order valence-electron chi connectivity index (χ3n) is 1.64. The highest BCUT2D eigenvalue weighted by Crippen LogP contribution is 2.35. The molecule has 0 fully saturated rings. The van der Waals surface area contributed by atoms with Crippen molar-refractivity contribution in [3.05, 3.63) is 19.2 Å². The fourth-order valence-electron chi connectivity index (χ4n) is 0.910. The van der Waals surface area contributed by atoms with Gasteiger partial charge in [0.2, 0.25) is 0 Å². The molecule has 0 saturated carbocycles. The molecule has 0 radical (unpaired) electrons. The summed E-state index contributed by atoms with van der Waals surface area (Å²) in [4.78, 5) is 11.9. The van der Waals surface area contributed by atoms with Crippen LogP contribution in [0.15, 0.2) is 14.3 Å². The summed E-state index contributed by atoms with van der Waals surface area (Å²) in [7, 11) is 1.36. The number of methoxy groups -OCH3 is 1. The Morgan fingerprint density at radius 1 is 1.71 bits per heavy atom. The maximum atomic E-state index is 11.0. The lowest BCUT2D eigenvalue weighted by molar-refractivity contribution is -0.141. The molecule has 14 heavy (non-hydrogen) atoms. The van der Waals surface area contributed by atoms with E-state index in [4.69, 9.17) is 5.73 Å². The average Bonchev–Trinajstić information content (AvgIpc) is 2.47. The normalized spacial score (nSPS) is 12.6. The van der Waals surface area contributed by atoms with Gasteiger partial charge in [0.15, 0.2) is 0 Å². The highest BCUT2D eigenvalue weighted by Gasteiger charge is 2.15. The van der Waals surface area contributed by atoms with Gasteiger partial charge in [0.1, 0.15) is 0 Å². The summed E-state index contributed by atoms with van der Waals surface area (Å²) >= 11 is 8.24. The first kappa shape index (κ1) is 12.2. The Labute approximate surface area is 103 Å². The Morgan fingerprint density at radius 2 is 2.36 bits per heavy atom. The topological polar surface area (TPSA) is 52.3 Å². The largest absolute Gasteiger partial charge is 0.469 e. The summed E-state index contributed by atoms with van der Waals surface area (Å²) in [6.07, 6.45) is 0.204. The van der Waals surface area contributed by atoms with E-state index < -0.39 is 0 Å². The molecule has 0 aliphatic heterocycles. The molecule has 0 amide bonds. The lowest BCUT2D eigenvalue weighted by Crippen LogP contribution is -2.15. The molecule has 0 aliphatic rings. The summed E-state index contributed by atoms with van der Waals surface area (Å²) in [6.45, 7) is 0. The minimum Gasteiger partial charge on any atom is -0.469 e. The van der Waals surface area contributed by atoms with Crippen LogP contribution in [0.4, 0.5) is 0 Å². The van der Waals surface area contributed by atoms with Crippen molar-refractivity contribution < 1.29 is 9.53 Å². The van der Waals surface area contributed by atoms with Crippen molar-refractivity contribution in [3.63, 3.8) is 0 Å². The molecule has 2 N–H and O–H groups in total. The van der Waals surface area contributed by atoms with Gasteiger partial charge in [0, 0.05) is 15.4 Å². The van der Waals surface area contributed by atoms with E-state index in [2.05, 4.69) is 36.6 Å². The van der Waals surface area contributed by atoms with Gasteiger partial charge in [-0.25, -0.2) is 0 Å². The summed E-state index contributed by atoms with van der Waals surface area (Å²) in [5.74, 6) is -0.293. The summed E-state index contributed by atoms with van der Waals surface area (Å²) in [6, 6.07) is 1.61. The molecule has 1 aromatic heterocycles. The standard InChI is InChI=1S/C8H9Br2NO2S/c1-13-7(12)3-5(11)6-2-4(9)8(10)14-6/h2,5H,3,11H2,1H3/t5-/m0/s1. The van der Waals surface area contributed by atoms with Crippen LogP contribution < -0.4 is 5.73 Å². The Morgan fingerprint density at radius 3 is 2.79 bits per heavy atom. The highest BCUT2D eigenvalue weighted by molar-refractivity contribution is 9.13. The van der Waals surface area contributed by atoms with Crippen molar-refractivity contribution in [2.45, 2.75) is 12.5 Å². The molecule has 0 saturated heterocycles. The number of thiophene rings is 1. The van der Waals surface area contributed by atoms with Crippen molar-refractivity contribution in [3.8, 4) is 0 Å². The van der Waals surface area contributed by atoms with Crippen molar-refractivity contribution in [1.82, 2.24) is 0 Å². The van der Waals surface area contributed by atoms with Crippen molar-refractivity contribution in [2.75, 3.05) is 7.11 Å². The molecule has 0 aromatic carbocycles. The number of halogens is 2. The zero-order chi connectivity index (χ0) is 10.7. The number of hydrogen-bond acceptors (Lipinski definition) is 4. The smallest absolute Gasteiger partial charge is 0.307 e. The Kier molecular flexibility index (Phi) is 4.56. The highest BCUT2D eigenvalue weighted by atomic mass is 79.9. The van der Waals surface area contributed by atoms with E-state index in [9.17, 15) is 4.79 Å². The van der Waals surface area contributed by atoms with Gasteiger partial charge in [-0.15, -0.1) is 11.3 Å². The first-order valence-electron chi connectivity index (χ1n) is 3.81. The first-order chi connectivity index (χ1) is 6.54. The molecule has 6 heteroatoms.